The first-order valence-corrected chi connectivity index (χ1v) is 9.72. The Morgan fingerprint density at radius 2 is 1.41 bits per heavy atom. The molecule has 32 heavy (non-hydrogen) atoms. The number of carbonyl (C=O) groups excluding carboxylic acids is 1. The summed E-state index contributed by atoms with van der Waals surface area (Å²) in [5.74, 6) is -6.57. The quantitative estimate of drug-likeness (QED) is 0.281. The summed E-state index contributed by atoms with van der Waals surface area (Å²) in [6, 6.07) is 7.92. The molecule has 0 atom stereocenters. The Balaban J connectivity index is 2.25. The number of hydrogen-bond acceptors (Lipinski definition) is 4. The second kappa shape index (κ2) is 9.30. The summed E-state index contributed by atoms with van der Waals surface area (Å²) >= 11 is 0. The molecule has 0 saturated heterocycles. The molecule has 0 aliphatic heterocycles. The third kappa shape index (κ3) is 4.00. The number of anilines is 1. The van der Waals surface area contributed by atoms with Crippen molar-refractivity contribution in [3.8, 4) is 28.0 Å². The summed E-state index contributed by atoms with van der Waals surface area (Å²) in [6.07, 6.45) is 0. The number of nitrogens with one attached hydrogen (secondary N) is 1. The van der Waals surface area contributed by atoms with Gasteiger partial charge >= 0.3 is 5.97 Å². The van der Waals surface area contributed by atoms with Gasteiger partial charge in [0.2, 0.25) is 0 Å². The monoisotopic (exact) mass is 447 g/mol. The van der Waals surface area contributed by atoms with Gasteiger partial charge in [0.15, 0.2) is 23.3 Å². The number of hydrogen-bond donors (Lipinski definition) is 1. The zero-order chi connectivity index (χ0) is 23.6. The standard InChI is InChI=1S/C24H21F4NO3/c1-5-29-23-12(2)10-14(11-16(23)24(30)32-4)18-21(27)19(25)17(20(26)22(18)28)13-6-8-15(31-3)9-7-13/h6-11,29H,5H2,1-4H3. The van der Waals surface area contributed by atoms with Crippen molar-refractivity contribution in [1.82, 2.24) is 0 Å². The fraction of sp³-hybridized carbons (Fsp3) is 0.208. The van der Waals surface area contributed by atoms with Gasteiger partial charge in [-0.2, -0.15) is 0 Å². The van der Waals surface area contributed by atoms with E-state index >= 15 is 8.78 Å². The maximum Gasteiger partial charge on any atom is 0.339 e. The van der Waals surface area contributed by atoms with Crippen molar-refractivity contribution in [3.63, 3.8) is 0 Å². The number of esters is 1. The van der Waals surface area contributed by atoms with Crippen molar-refractivity contribution in [2.45, 2.75) is 13.8 Å². The third-order valence-corrected chi connectivity index (χ3v) is 5.03. The fourth-order valence-corrected chi connectivity index (χ4v) is 3.51. The van der Waals surface area contributed by atoms with Crippen molar-refractivity contribution in [1.29, 1.82) is 0 Å². The van der Waals surface area contributed by atoms with E-state index in [1.54, 1.807) is 13.8 Å². The molecule has 0 radical (unpaired) electrons. The summed E-state index contributed by atoms with van der Waals surface area (Å²) in [4.78, 5) is 12.2. The average molecular weight is 447 g/mol. The topological polar surface area (TPSA) is 47.6 Å². The van der Waals surface area contributed by atoms with Gasteiger partial charge in [0, 0.05) is 6.54 Å². The minimum atomic E-state index is -1.57. The Morgan fingerprint density at radius 1 is 0.875 bits per heavy atom. The van der Waals surface area contributed by atoms with Crippen LogP contribution in [0.4, 0.5) is 23.2 Å². The predicted molar refractivity (Wildman–Crippen MR) is 114 cm³/mol. The molecule has 3 aromatic carbocycles. The van der Waals surface area contributed by atoms with E-state index in [1.807, 2.05) is 0 Å². The summed E-state index contributed by atoms with van der Waals surface area (Å²) < 4.78 is 69.8. The number of rotatable bonds is 6. The lowest BCUT2D eigenvalue weighted by Gasteiger charge is -2.17. The van der Waals surface area contributed by atoms with Crippen molar-refractivity contribution in [2.75, 3.05) is 26.1 Å². The van der Waals surface area contributed by atoms with Gasteiger partial charge < -0.3 is 14.8 Å². The van der Waals surface area contributed by atoms with Gasteiger partial charge in [-0.3, -0.25) is 0 Å². The van der Waals surface area contributed by atoms with E-state index in [2.05, 4.69) is 5.32 Å². The van der Waals surface area contributed by atoms with Gasteiger partial charge in [-0.15, -0.1) is 0 Å². The van der Waals surface area contributed by atoms with Crippen LogP contribution in [0.15, 0.2) is 36.4 Å². The highest BCUT2D eigenvalue weighted by Gasteiger charge is 2.28. The van der Waals surface area contributed by atoms with Crippen LogP contribution in [-0.2, 0) is 4.74 Å². The first-order chi connectivity index (χ1) is 15.2. The molecule has 0 saturated carbocycles. The summed E-state index contributed by atoms with van der Waals surface area (Å²) in [6.45, 7) is 3.87. The molecule has 0 aliphatic rings. The van der Waals surface area contributed by atoms with E-state index in [9.17, 15) is 13.6 Å². The van der Waals surface area contributed by atoms with Crippen LogP contribution in [0.25, 0.3) is 22.3 Å². The Hall–Kier alpha value is -3.55. The number of methoxy groups -OCH3 is 2. The second-order valence-corrected chi connectivity index (χ2v) is 6.97. The van der Waals surface area contributed by atoms with Crippen LogP contribution in [0, 0.1) is 30.2 Å². The average Bonchev–Trinajstić information content (AvgIpc) is 2.79. The Labute approximate surface area is 182 Å². The first-order valence-electron chi connectivity index (χ1n) is 9.72. The highest BCUT2D eigenvalue weighted by Crippen LogP contribution is 2.39. The van der Waals surface area contributed by atoms with Gasteiger partial charge in [-0.05, 0) is 54.8 Å². The number of carbonyl (C=O) groups is 1. The van der Waals surface area contributed by atoms with E-state index in [1.165, 1.54) is 37.4 Å². The van der Waals surface area contributed by atoms with Crippen LogP contribution in [0.5, 0.6) is 5.75 Å². The first kappa shape index (κ1) is 23.1. The molecule has 1 N–H and O–H groups in total. The molecule has 3 aromatic rings. The molecule has 0 spiro atoms. The maximum atomic E-state index is 15.1. The van der Waals surface area contributed by atoms with E-state index < -0.39 is 40.4 Å². The lowest BCUT2D eigenvalue weighted by molar-refractivity contribution is 0.0601. The van der Waals surface area contributed by atoms with Crippen LogP contribution in [0.3, 0.4) is 0 Å². The zero-order valence-electron chi connectivity index (χ0n) is 17.9. The third-order valence-electron chi connectivity index (χ3n) is 5.03. The van der Waals surface area contributed by atoms with Gasteiger partial charge in [0.1, 0.15) is 5.75 Å². The molecular formula is C24H21F4NO3. The SMILES string of the molecule is CCNc1c(C)cc(-c2c(F)c(F)c(-c3ccc(OC)cc3)c(F)c2F)cc1C(=O)OC. The molecule has 168 valence electrons. The molecule has 0 bridgehead atoms. The Morgan fingerprint density at radius 3 is 1.88 bits per heavy atom. The van der Waals surface area contributed by atoms with Crippen LogP contribution < -0.4 is 10.1 Å². The van der Waals surface area contributed by atoms with Crippen LogP contribution in [-0.4, -0.2) is 26.7 Å². The van der Waals surface area contributed by atoms with Crippen molar-refractivity contribution in [2.24, 2.45) is 0 Å². The largest absolute Gasteiger partial charge is 0.497 e. The van der Waals surface area contributed by atoms with Crippen molar-refractivity contribution in [3.05, 3.63) is 70.8 Å². The van der Waals surface area contributed by atoms with Crippen LogP contribution in [0.1, 0.15) is 22.8 Å². The molecule has 0 heterocycles. The molecule has 4 nitrogen and oxygen atoms in total. The molecule has 8 heteroatoms. The predicted octanol–water partition coefficient (Wildman–Crippen LogP) is 6.11. The smallest absolute Gasteiger partial charge is 0.339 e. The number of benzene rings is 3. The minimum absolute atomic E-state index is 0.0109. The Kier molecular flexibility index (Phi) is 6.72. The number of halogens is 4. The fourth-order valence-electron chi connectivity index (χ4n) is 3.51. The van der Waals surface area contributed by atoms with Gasteiger partial charge in [-0.1, -0.05) is 12.1 Å². The molecular weight excluding hydrogens is 426 g/mol. The van der Waals surface area contributed by atoms with Gasteiger partial charge in [0.05, 0.1) is 36.6 Å². The maximum absolute atomic E-state index is 15.1. The lowest BCUT2D eigenvalue weighted by Crippen LogP contribution is -2.11. The summed E-state index contributed by atoms with van der Waals surface area (Å²) in [7, 11) is 2.57. The molecule has 0 aliphatic carbocycles. The normalized spacial score (nSPS) is 10.8. The highest BCUT2D eigenvalue weighted by atomic mass is 19.2. The number of aryl methyl sites for hydroxylation is 1. The summed E-state index contributed by atoms with van der Waals surface area (Å²) in [5.41, 5.74) is -1.15. The van der Waals surface area contributed by atoms with E-state index in [4.69, 9.17) is 9.47 Å². The lowest BCUT2D eigenvalue weighted by atomic mass is 9.94. The minimum Gasteiger partial charge on any atom is -0.497 e. The Bertz CT molecular complexity index is 1150. The zero-order valence-corrected chi connectivity index (χ0v) is 17.9. The van der Waals surface area contributed by atoms with Crippen LogP contribution >= 0.6 is 0 Å². The van der Waals surface area contributed by atoms with Crippen molar-refractivity contribution >= 4 is 11.7 Å². The molecule has 0 unspecified atom stereocenters. The second-order valence-electron chi connectivity index (χ2n) is 6.97. The van der Waals surface area contributed by atoms with Gasteiger partial charge in [0.25, 0.3) is 0 Å². The highest BCUT2D eigenvalue weighted by molar-refractivity contribution is 5.98. The van der Waals surface area contributed by atoms with E-state index in [-0.39, 0.29) is 16.7 Å². The van der Waals surface area contributed by atoms with Gasteiger partial charge in [-0.25, -0.2) is 22.4 Å². The van der Waals surface area contributed by atoms with Crippen LogP contribution in [0.2, 0.25) is 0 Å². The van der Waals surface area contributed by atoms with E-state index in [0.29, 0.717) is 23.5 Å². The number of ether oxygens (including phenoxy) is 2. The molecule has 0 aromatic heterocycles. The molecule has 0 amide bonds. The summed E-state index contributed by atoms with van der Waals surface area (Å²) in [5, 5.41) is 2.98. The van der Waals surface area contributed by atoms with Crippen molar-refractivity contribution < 1.29 is 31.8 Å². The molecule has 0 fully saturated rings. The molecule has 3 rings (SSSR count). The van der Waals surface area contributed by atoms with E-state index in [0.717, 1.165) is 13.2 Å².